The quantitative estimate of drug-likeness (QED) is 0.671. The molecule has 0 spiro atoms. The van der Waals surface area contributed by atoms with Crippen molar-refractivity contribution in [1.29, 1.82) is 0 Å². The van der Waals surface area contributed by atoms with Gasteiger partial charge in [0.25, 0.3) is 7.92 Å². The van der Waals surface area contributed by atoms with Gasteiger partial charge in [-0.3, -0.25) is 0 Å². The Morgan fingerprint density at radius 1 is 1.12 bits per heavy atom. The van der Waals surface area contributed by atoms with E-state index in [1.54, 1.807) is 0 Å². The van der Waals surface area contributed by atoms with Gasteiger partial charge in [-0.1, -0.05) is 0 Å². The second-order valence-corrected chi connectivity index (χ2v) is 6.92. The molecule has 4 atom stereocenters. The van der Waals surface area contributed by atoms with Crippen molar-refractivity contribution in [2.45, 2.75) is 0 Å². The number of rotatable bonds is 0. The van der Waals surface area contributed by atoms with Gasteiger partial charge in [0.1, 0.15) is 10.3 Å². The van der Waals surface area contributed by atoms with Crippen LogP contribution in [0.25, 0.3) is 0 Å². The summed E-state index contributed by atoms with van der Waals surface area (Å²) in [6.45, 7) is 0. The predicted octanol–water partition coefficient (Wildman–Crippen LogP) is -0.569. The molecule has 0 aliphatic rings. The van der Waals surface area contributed by atoms with Crippen molar-refractivity contribution in [1.82, 2.24) is 19.0 Å². The minimum atomic E-state index is -2.51. The number of aromatic nitrogens is 4. The topological polar surface area (TPSA) is 141 Å². The fourth-order valence-corrected chi connectivity index (χ4v) is 3.73. The minimum Gasteiger partial charge on any atom is -0.626 e. The third-order valence-corrected chi connectivity index (χ3v) is 5.03. The number of nitrogens with zero attached hydrogens (tertiary/aromatic N) is 4. The van der Waals surface area contributed by atoms with Crippen LogP contribution in [-0.4, -0.2) is 23.9 Å². The summed E-state index contributed by atoms with van der Waals surface area (Å²) < 4.78 is 6.80. The van der Waals surface area contributed by atoms with Crippen LogP contribution in [0.1, 0.15) is 0 Å². The fraction of sp³-hybridized carbons (Fsp3) is 0. The van der Waals surface area contributed by atoms with E-state index < -0.39 is 31.8 Å². The van der Waals surface area contributed by atoms with Gasteiger partial charge in [0.2, 0.25) is 8.08 Å². The maximum atomic E-state index is 11.3. The van der Waals surface area contributed by atoms with E-state index in [2.05, 4.69) is 19.0 Å². The predicted molar refractivity (Wildman–Crippen MR) is 60.7 cm³/mol. The molecule has 1 N–H and O–H groups in total. The van der Waals surface area contributed by atoms with Crippen molar-refractivity contribution in [2.75, 3.05) is 0 Å². The molecule has 8 nitrogen and oxygen atoms in total. The third-order valence-electron chi connectivity index (χ3n) is 1.19. The van der Waals surface area contributed by atoms with Gasteiger partial charge in [0.15, 0.2) is 11.6 Å². The van der Waals surface area contributed by atoms with Gasteiger partial charge in [0, 0.05) is 6.20 Å². The molecule has 0 bridgehead atoms. The smallest absolute Gasteiger partial charge is 0.394 e. The lowest BCUT2D eigenvalue weighted by Gasteiger charge is -1.79. The molecule has 1 rings (SSSR count). The molecule has 4 unspecified atom stereocenters. The first kappa shape index (κ1) is 14.7. The molecule has 1 aromatic heterocycles. The van der Waals surface area contributed by atoms with Gasteiger partial charge in [-0.05, 0) is 10.9 Å². The van der Waals surface area contributed by atoms with Crippen molar-refractivity contribution in [3.63, 3.8) is 0 Å². The summed E-state index contributed by atoms with van der Waals surface area (Å²) in [5.41, 5.74) is 0. The second kappa shape index (κ2) is 7.83. The third kappa shape index (κ3) is 6.79. The summed E-state index contributed by atoms with van der Waals surface area (Å²) in [7, 11) is -8.71. The van der Waals surface area contributed by atoms with Crippen LogP contribution in [0.5, 0.6) is 0 Å². The van der Waals surface area contributed by atoms with Gasteiger partial charge in [-0.15, -0.1) is 0 Å². The first-order valence-corrected chi connectivity index (χ1v) is 9.03. The van der Waals surface area contributed by atoms with Gasteiger partial charge in [-0.2, -0.15) is 0 Å². The van der Waals surface area contributed by atoms with E-state index >= 15 is 0 Å². The largest absolute Gasteiger partial charge is 0.626 e. The van der Waals surface area contributed by atoms with E-state index in [1.165, 1.54) is 23.9 Å². The van der Waals surface area contributed by atoms with Crippen molar-refractivity contribution in [3.8, 4) is 0 Å². The van der Waals surface area contributed by atoms with E-state index in [0.717, 1.165) is 5.80 Å². The van der Waals surface area contributed by atoms with Crippen molar-refractivity contribution >= 4 is 31.8 Å². The summed E-state index contributed by atoms with van der Waals surface area (Å²) in [6, 6.07) is 1.35. The molecular weight excluding hydrogens is 304 g/mol. The van der Waals surface area contributed by atoms with Crippen LogP contribution in [0.2, 0.25) is 0 Å². The molecule has 0 aliphatic heterocycles. The van der Waals surface area contributed by atoms with Crippen molar-refractivity contribution < 1.29 is 19.6 Å². The van der Waals surface area contributed by atoms with Gasteiger partial charge >= 0.3 is 8.08 Å². The summed E-state index contributed by atoms with van der Waals surface area (Å²) >= 11 is 0. The molecule has 1 heterocycles. The Morgan fingerprint density at radius 3 is 2.65 bits per heavy atom. The molecule has 90 valence electrons. The van der Waals surface area contributed by atoms with Crippen LogP contribution in [0.4, 0.5) is 0 Å². The Kier molecular flexibility index (Phi) is 6.75. The van der Waals surface area contributed by atoms with Crippen LogP contribution in [-0.2, 0) is 0 Å². The highest BCUT2D eigenvalue weighted by Gasteiger charge is 1.98. The first-order chi connectivity index (χ1) is 8.08. The zero-order valence-electron chi connectivity index (χ0n) is 8.14. The molecule has 0 fully saturated rings. The normalized spacial score (nSPS) is 13.4. The minimum absolute atomic E-state index is 1.08. The maximum Gasteiger partial charge on any atom is 0.394 e. The Balaban J connectivity index is 3.45. The molecule has 12 heteroatoms. The van der Waals surface area contributed by atoms with Crippen molar-refractivity contribution in [3.05, 3.63) is 29.7 Å². The molecule has 0 saturated heterocycles. The van der Waals surface area contributed by atoms with E-state index in [4.69, 9.17) is 4.89 Å². The Labute approximate surface area is 100 Å². The molecular formula is C5H6N4O4P4. The molecule has 0 aliphatic carbocycles. The fourth-order valence-electron chi connectivity index (χ4n) is 0.610. The summed E-state index contributed by atoms with van der Waals surface area (Å²) in [4.78, 5) is 49.1. The van der Waals surface area contributed by atoms with E-state index in [1.807, 2.05) is 0 Å². The summed E-state index contributed by atoms with van der Waals surface area (Å²) in [5.74, 6) is 3.57. The SMILES string of the molecule is [O-][p+]1cccnp(O)nn[p+]([O-])n[p+]([O-])cc1. The Hall–Kier alpha value is -0.410. The van der Waals surface area contributed by atoms with Crippen LogP contribution >= 0.6 is 31.8 Å². The highest BCUT2D eigenvalue weighted by atomic mass is 31.2. The van der Waals surface area contributed by atoms with Gasteiger partial charge in [0.05, 0.1) is 12.6 Å². The number of hydrogen-bond acceptors (Lipinski definition) is 8. The van der Waals surface area contributed by atoms with Crippen LogP contribution in [0, 0.1) is 0 Å². The van der Waals surface area contributed by atoms with Gasteiger partial charge < -0.3 is 19.6 Å². The van der Waals surface area contributed by atoms with Crippen LogP contribution in [0.15, 0.2) is 29.7 Å². The Morgan fingerprint density at radius 2 is 1.88 bits per heavy atom. The molecule has 17 heavy (non-hydrogen) atoms. The molecule has 0 radical (unpaired) electrons. The Bertz CT molecular complexity index is 466. The number of hydrogen-bond donors (Lipinski definition) is 1. The average Bonchev–Trinajstić information content (AvgIpc) is 2.29. The van der Waals surface area contributed by atoms with E-state index in [0.29, 0.717) is 0 Å². The molecule has 0 aromatic carbocycles. The van der Waals surface area contributed by atoms with Gasteiger partial charge in [-0.25, -0.2) is 4.75 Å². The molecule has 0 amide bonds. The molecule has 1 aromatic rings. The maximum absolute atomic E-state index is 11.3. The standard InChI is InChI=1S/C5H6N4O4P4/c10-14-3-1-2-6-16(12)7-8-17(13)9-15(11)5-4-14/h1-5,12H. The highest BCUT2D eigenvalue weighted by Crippen LogP contribution is 2.17. The zero-order chi connectivity index (χ0) is 12.7. The first-order valence-electron chi connectivity index (χ1n) is 3.98. The van der Waals surface area contributed by atoms with E-state index in [9.17, 15) is 14.7 Å². The van der Waals surface area contributed by atoms with Crippen LogP contribution < -0.4 is 14.7 Å². The average molecular weight is 310 g/mol. The summed E-state index contributed by atoms with van der Waals surface area (Å²) in [5, 5.41) is 0. The lowest BCUT2D eigenvalue weighted by atomic mass is 10.8. The summed E-state index contributed by atoms with van der Waals surface area (Å²) in [6.07, 6.45) is 1.20. The monoisotopic (exact) mass is 310 g/mol. The van der Waals surface area contributed by atoms with Crippen LogP contribution in [0.3, 0.4) is 0 Å². The zero-order valence-corrected chi connectivity index (χ0v) is 11.7. The lowest BCUT2D eigenvalue weighted by Crippen LogP contribution is -1.91. The molecule has 0 saturated carbocycles. The highest BCUT2D eigenvalue weighted by molar-refractivity contribution is 7.47. The lowest BCUT2D eigenvalue weighted by molar-refractivity contribution is -0.159. The second-order valence-electron chi connectivity index (χ2n) is 2.36. The van der Waals surface area contributed by atoms with Crippen molar-refractivity contribution in [2.24, 2.45) is 0 Å². The van der Waals surface area contributed by atoms with E-state index in [-0.39, 0.29) is 0 Å².